The molecule has 0 amide bonds. The van der Waals surface area contributed by atoms with Crippen LogP contribution in [0, 0.1) is 6.92 Å². The topological polar surface area (TPSA) is 45.7 Å². The van der Waals surface area contributed by atoms with Gasteiger partial charge in [-0.2, -0.15) is 0 Å². The molecule has 1 aromatic rings. The summed E-state index contributed by atoms with van der Waals surface area (Å²) in [6, 6.07) is 8.57. The van der Waals surface area contributed by atoms with Crippen LogP contribution in [-0.2, 0) is 10.2 Å². The molecule has 0 bridgehead atoms. The number of nitrogens with zero attached hydrogens (tertiary/aromatic N) is 1. The van der Waals surface area contributed by atoms with E-state index in [1.54, 1.807) is 0 Å². The van der Waals surface area contributed by atoms with Crippen molar-refractivity contribution < 1.29 is 4.74 Å². The van der Waals surface area contributed by atoms with Crippen LogP contribution >= 0.6 is 24.0 Å². The predicted molar refractivity (Wildman–Crippen MR) is 119 cm³/mol. The van der Waals surface area contributed by atoms with E-state index in [1.165, 1.54) is 11.1 Å². The quantitative estimate of drug-likeness (QED) is 0.237. The molecule has 0 aromatic heterocycles. The zero-order valence-corrected chi connectivity index (χ0v) is 18.9. The van der Waals surface area contributed by atoms with E-state index in [1.807, 2.05) is 6.92 Å². The highest BCUT2D eigenvalue weighted by Gasteiger charge is 2.22. The first-order valence-electron chi connectivity index (χ1n) is 9.17. The summed E-state index contributed by atoms with van der Waals surface area (Å²) >= 11 is 0. The van der Waals surface area contributed by atoms with Crippen molar-refractivity contribution in [1.82, 2.24) is 10.6 Å². The van der Waals surface area contributed by atoms with Gasteiger partial charge in [-0.05, 0) is 44.7 Å². The fourth-order valence-electron chi connectivity index (χ4n) is 2.72. The Morgan fingerprint density at radius 2 is 1.84 bits per heavy atom. The summed E-state index contributed by atoms with van der Waals surface area (Å²) in [5.41, 5.74) is 2.70. The van der Waals surface area contributed by atoms with Gasteiger partial charge in [0.15, 0.2) is 5.96 Å². The lowest BCUT2D eigenvalue weighted by molar-refractivity contribution is 0.143. The Kier molecular flexibility index (Phi) is 13.0. The molecule has 0 radical (unpaired) electrons. The number of benzene rings is 1. The molecule has 1 aromatic carbocycles. The third-order valence-corrected chi connectivity index (χ3v) is 4.06. The second kappa shape index (κ2) is 13.4. The highest BCUT2D eigenvalue weighted by atomic mass is 127. The van der Waals surface area contributed by atoms with Gasteiger partial charge in [-0.25, -0.2) is 0 Å². The SMILES string of the molecule is CCNC(=NCC(C)(C)c1ccccc1C)NCCCCOCC.I. The average molecular weight is 461 g/mol. The van der Waals surface area contributed by atoms with Crippen LogP contribution in [0.5, 0.6) is 0 Å². The summed E-state index contributed by atoms with van der Waals surface area (Å²) in [6.07, 6.45) is 2.17. The highest BCUT2D eigenvalue weighted by Crippen LogP contribution is 2.26. The van der Waals surface area contributed by atoms with Crippen molar-refractivity contribution in [3.63, 3.8) is 0 Å². The van der Waals surface area contributed by atoms with Crippen LogP contribution in [-0.4, -0.2) is 38.8 Å². The van der Waals surface area contributed by atoms with E-state index in [4.69, 9.17) is 9.73 Å². The average Bonchev–Trinajstić information content (AvgIpc) is 2.56. The van der Waals surface area contributed by atoms with Crippen molar-refractivity contribution in [3.8, 4) is 0 Å². The fourth-order valence-corrected chi connectivity index (χ4v) is 2.72. The van der Waals surface area contributed by atoms with E-state index in [9.17, 15) is 0 Å². The molecule has 25 heavy (non-hydrogen) atoms. The lowest BCUT2D eigenvalue weighted by Gasteiger charge is -2.25. The van der Waals surface area contributed by atoms with Gasteiger partial charge in [0.1, 0.15) is 0 Å². The van der Waals surface area contributed by atoms with Gasteiger partial charge in [-0.1, -0.05) is 38.1 Å². The molecule has 2 N–H and O–H groups in total. The van der Waals surface area contributed by atoms with Gasteiger partial charge >= 0.3 is 0 Å². The first kappa shape index (κ1) is 24.2. The van der Waals surface area contributed by atoms with Crippen LogP contribution in [0.1, 0.15) is 51.7 Å². The molecule has 0 heterocycles. The first-order chi connectivity index (χ1) is 11.5. The molecule has 0 aliphatic carbocycles. The number of hydrogen-bond acceptors (Lipinski definition) is 2. The largest absolute Gasteiger partial charge is 0.382 e. The number of unbranched alkanes of at least 4 members (excludes halogenated alkanes) is 1. The number of hydrogen-bond donors (Lipinski definition) is 2. The Morgan fingerprint density at radius 1 is 1.12 bits per heavy atom. The Bertz CT molecular complexity index is 503. The van der Waals surface area contributed by atoms with Crippen LogP contribution in [0.2, 0.25) is 0 Å². The van der Waals surface area contributed by atoms with Crippen LogP contribution < -0.4 is 10.6 Å². The number of aryl methyl sites for hydroxylation is 1. The number of rotatable bonds is 10. The Hall–Kier alpha value is -0.820. The van der Waals surface area contributed by atoms with E-state index in [2.05, 4.69) is 62.6 Å². The van der Waals surface area contributed by atoms with Gasteiger partial charge < -0.3 is 15.4 Å². The van der Waals surface area contributed by atoms with Gasteiger partial charge in [-0.3, -0.25) is 4.99 Å². The van der Waals surface area contributed by atoms with Gasteiger partial charge in [-0.15, -0.1) is 24.0 Å². The maximum atomic E-state index is 5.37. The predicted octanol–water partition coefficient (Wildman–Crippen LogP) is 4.26. The van der Waals surface area contributed by atoms with E-state index >= 15 is 0 Å². The van der Waals surface area contributed by atoms with Gasteiger partial charge in [0.2, 0.25) is 0 Å². The van der Waals surface area contributed by atoms with Crippen molar-refractivity contribution in [3.05, 3.63) is 35.4 Å². The zero-order chi connectivity index (χ0) is 17.8. The number of nitrogens with one attached hydrogen (secondary N) is 2. The van der Waals surface area contributed by atoms with E-state index in [0.717, 1.165) is 51.6 Å². The third kappa shape index (κ3) is 9.45. The zero-order valence-electron chi connectivity index (χ0n) is 16.5. The van der Waals surface area contributed by atoms with Crippen molar-refractivity contribution in [1.29, 1.82) is 0 Å². The Morgan fingerprint density at radius 3 is 2.48 bits per heavy atom. The second-order valence-electron chi connectivity index (χ2n) is 6.72. The molecule has 0 saturated carbocycles. The molecule has 0 saturated heterocycles. The highest BCUT2D eigenvalue weighted by molar-refractivity contribution is 14.0. The smallest absolute Gasteiger partial charge is 0.191 e. The van der Waals surface area contributed by atoms with Crippen LogP contribution in [0.25, 0.3) is 0 Å². The third-order valence-electron chi connectivity index (χ3n) is 4.06. The lowest BCUT2D eigenvalue weighted by atomic mass is 9.82. The summed E-state index contributed by atoms with van der Waals surface area (Å²) in [7, 11) is 0. The molecule has 0 aliphatic rings. The van der Waals surface area contributed by atoms with Crippen molar-refractivity contribution >= 4 is 29.9 Å². The number of ether oxygens (including phenoxy) is 1. The number of guanidine groups is 1. The number of halogens is 1. The van der Waals surface area contributed by atoms with Crippen LogP contribution in [0.3, 0.4) is 0 Å². The second-order valence-corrected chi connectivity index (χ2v) is 6.72. The molecule has 0 spiro atoms. The molecular weight excluding hydrogens is 425 g/mol. The summed E-state index contributed by atoms with van der Waals surface area (Å²) in [6.45, 7) is 15.0. The molecule has 4 nitrogen and oxygen atoms in total. The van der Waals surface area contributed by atoms with Crippen LogP contribution in [0.15, 0.2) is 29.3 Å². The Labute approximate surface area is 171 Å². The summed E-state index contributed by atoms with van der Waals surface area (Å²) < 4.78 is 5.37. The minimum atomic E-state index is 0. The van der Waals surface area contributed by atoms with Gasteiger partial charge in [0, 0.05) is 31.7 Å². The maximum Gasteiger partial charge on any atom is 0.191 e. The molecule has 0 atom stereocenters. The monoisotopic (exact) mass is 461 g/mol. The van der Waals surface area contributed by atoms with Crippen molar-refractivity contribution in [2.45, 2.75) is 52.9 Å². The fraction of sp³-hybridized carbons (Fsp3) is 0.650. The molecule has 1 rings (SSSR count). The summed E-state index contributed by atoms with van der Waals surface area (Å²) in [5.74, 6) is 0.899. The molecule has 144 valence electrons. The van der Waals surface area contributed by atoms with E-state index in [-0.39, 0.29) is 29.4 Å². The normalized spacial score (nSPS) is 11.8. The van der Waals surface area contributed by atoms with Crippen molar-refractivity contribution in [2.75, 3.05) is 32.8 Å². The minimum Gasteiger partial charge on any atom is -0.382 e. The number of aliphatic imine (C=N–C) groups is 1. The lowest BCUT2D eigenvalue weighted by Crippen LogP contribution is -2.39. The minimum absolute atomic E-state index is 0. The molecule has 0 unspecified atom stereocenters. The Balaban J connectivity index is 0.00000576. The van der Waals surface area contributed by atoms with E-state index in [0.29, 0.717) is 0 Å². The molecule has 0 aliphatic heterocycles. The van der Waals surface area contributed by atoms with Crippen molar-refractivity contribution in [2.24, 2.45) is 4.99 Å². The molecule has 5 heteroatoms. The van der Waals surface area contributed by atoms with Gasteiger partial charge in [0.05, 0.1) is 6.54 Å². The standard InChI is InChI=1S/C20H35N3O.HI/c1-6-21-19(22-14-10-11-15-24-7-2)23-16-20(4,5)18-13-9-8-12-17(18)3;/h8-9,12-13H,6-7,10-11,14-16H2,1-5H3,(H2,21,22,23);1H. The maximum absolute atomic E-state index is 5.37. The van der Waals surface area contributed by atoms with Gasteiger partial charge in [0.25, 0.3) is 0 Å². The first-order valence-corrected chi connectivity index (χ1v) is 9.17. The summed E-state index contributed by atoms with van der Waals surface area (Å²) in [4.78, 5) is 4.80. The van der Waals surface area contributed by atoms with Crippen LogP contribution in [0.4, 0.5) is 0 Å². The summed E-state index contributed by atoms with van der Waals surface area (Å²) in [5, 5.41) is 6.75. The molecule has 0 fully saturated rings. The van der Waals surface area contributed by atoms with E-state index < -0.39 is 0 Å². The molecular formula is C20H36IN3O.